The topological polar surface area (TPSA) is 52.8 Å². The van der Waals surface area contributed by atoms with Crippen LogP contribution in [0, 0.1) is 0 Å². The molecule has 3 aromatic rings. The summed E-state index contributed by atoms with van der Waals surface area (Å²) in [5.74, 6) is 0.734. The van der Waals surface area contributed by atoms with E-state index >= 15 is 0 Å². The monoisotopic (exact) mass is 286 g/mol. The second-order valence-corrected chi connectivity index (χ2v) is 4.54. The van der Waals surface area contributed by atoms with Crippen LogP contribution in [-0.4, -0.2) is 20.2 Å². The quantitative estimate of drug-likeness (QED) is 0.740. The van der Waals surface area contributed by atoms with Crippen LogP contribution in [0.1, 0.15) is 5.56 Å². The largest absolute Gasteiger partial charge is 0.489 e. The van der Waals surface area contributed by atoms with E-state index in [2.05, 4.69) is 15.5 Å². The molecule has 0 N–H and O–H groups in total. The molecule has 0 aliphatic rings. The maximum Gasteiger partial charge on any atom is 0.143 e. The highest BCUT2D eigenvalue weighted by atomic mass is 35.5. The van der Waals surface area contributed by atoms with Crippen LogP contribution in [0.3, 0.4) is 0 Å². The number of tetrazole rings is 1. The predicted octanol–water partition coefficient (Wildman–Crippen LogP) is 2.89. The van der Waals surface area contributed by atoms with Gasteiger partial charge in [-0.15, -0.1) is 5.10 Å². The second kappa shape index (κ2) is 5.71. The standard InChI is InChI=1S/C14H11ClN4O/c15-14-7-2-1-4-11(14)9-20-13-6-3-5-12(8-13)19-10-16-17-18-19/h1-8,10H,9H2. The van der Waals surface area contributed by atoms with Crippen molar-refractivity contribution in [2.45, 2.75) is 6.61 Å². The van der Waals surface area contributed by atoms with Gasteiger partial charge >= 0.3 is 0 Å². The molecule has 6 heteroatoms. The molecular formula is C14H11ClN4O. The number of halogens is 1. The van der Waals surface area contributed by atoms with Crippen molar-refractivity contribution in [1.82, 2.24) is 20.2 Å². The lowest BCUT2D eigenvalue weighted by Gasteiger charge is -2.08. The normalized spacial score (nSPS) is 10.4. The zero-order valence-electron chi connectivity index (χ0n) is 10.5. The lowest BCUT2D eigenvalue weighted by atomic mass is 10.2. The van der Waals surface area contributed by atoms with Crippen LogP contribution in [-0.2, 0) is 6.61 Å². The summed E-state index contributed by atoms with van der Waals surface area (Å²) < 4.78 is 7.32. The SMILES string of the molecule is Clc1ccccc1COc1cccc(-n2cnnn2)c1. The van der Waals surface area contributed by atoms with Gasteiger partial charge in [0, 0.05) is 16.7 Å². The van der Waals surface area contributed by atoms with Crippen molar-refractivity contribution >= 4 is 11.6 Å². The summed E-state index contributed by atoms with van der Waals surface area (Å²) in [4.78, 5) is 0. The van der Waals surface area contributed by atoms with Crippen molar-refractivity contribution in [1.29, 1.82) is 0 Å². The van der Waals surface area contributed by atoms with E-state index in [9.17, 15) is 0 Å². The van der Waals surface area contributed by atoms with Gasteiger partial charge in [0.1, 0.15) is 18.7 Å². The molecule has 20 heavy (non-hydrogen) atoms. The zero-order valence-corrected chi connectivity index (χ0v) is 11.2. The van der Waals surface area contributed by atoms with Crippen molar-refractivity contribution in [2.24, 2.45) is 0 Å². The Morgan fingerprint density at radius 2 is 2.00 bits per heavy atom. The highest BCUT2D eigenvalue weighted by molar-refractivity contribution is 6.31. The zero-order chi connectivity index (χ0) is 13.8. The minimum absolute atomic E-state index is 0.415. The van der Waals surface area contributed by atoms with Crippen LogP contribution >= 0.6 is 11.6 Å². The van der Waals surface area contributed by atoms with Crippen LogP contribution in [0.25, 0.3) is 5.69 Å². The van der Waals surface area contributed by atoms with Crippen LogP contribution < -0.4 is 4.74 Å². The molecule has 0 fully saturated rings. The van der Waals surface area contributed by atoms with Crippen LogP contribution in [0.4, 0.5) is 0 Å². The highest BCUT2D eigenvalue weighted by Gasteiger charge is 2.03. The lowest BCUT2D eigenvalue weighted by Crippen LogP contribution is -1.98. The fraction of sp³-hybridized carbons (Fsp3) is 0.0714. The van der Waals surface area contributed by atoms with Gasteiger partial charge in [-0.3, -0.25) is 0 Å². The second-order valence-electron chi connectivity index (χ2n) is 4.13. The summed E-state index contributed by atoms with van der Waals surface area (Å²) in [6.07, 6.45) is 1.53. The van der Waals surface area contributed by atoms with Gasteiger partial charge in [-0.25, -0.2) is 4.68 Å². The number of nitrogens with zero attached hydrogens (tertiary/aromatic N) is 4. The van der Waals surface area contributed by atoms with E-state index in [0.717, 1.165) is 17.0 Å². The summed E-state index contributed by atoms with van der Waals surface area (Å²) in [7, 11) is 0. The Balaban J connectivity index is 1.75. The minimum Gasteiger partial charge on any atom is -0.489 e. The van der Waals surface area contributed by atoms with Crippen molar-refractivity contribution in [2.75, 3.05) is 0 Å². The van der Waals surface area contributed by atoms with Crippen LogP contribution in [0.2, 0.25) is 5.02 Å². The van der Waals surface area contributed by atoms with Crippen molar-refractivity contribution < 1.29 is 4.74 Å². The molecule has 3 rings (SSSR count). The molecular weight excluding hydrogens is 276 g/mol. The van der Waals surface area contributed by atoms with Crippen LogP contribution in [0.5, 0.6) is 5.75 Å². The summed E-state index contributed by atoms with van der Waals surface area (Å²) in [5, 5.41) is 11.8. The molecule has 0 saturated heterocycles. The van der Waals surface area contributed by atoms with E-state index in [1.54, 1.807) is 4.68 Å². The summed E-state index contributed by atoms with van der Waals surface area (Å²) in [6.45, 7) is 0.415. The summed E-state index contributed by atoms with van der Waals surface area (Å²) in [6, 6.07) is 15.1. The lowest BCUT2D eigenvalue weighted by molar-refractivity contribution is 0.306. The van der Waals surface area contributed by atoms with Crippen molar-refractivity contribution in [3.63, 3.8) is 0 Å². The third-order valence-electron chi connectivity index (χ3n) is 2.78. The van der Waals surface area contributed by atoms with E-state index in [0.29, 0.717) is 11.6 Å². The number of benzene rings is 2. The fourth-order valence-electron chi connectivity index (χ4n) is 1.77. The van der Waals surface area contributed by atoms with E-state index < -0.39 is 0 Å². The van der Waals surface area contributed by atoms with Crippen molar-refractivity contribution in [3.05, 3.63) is 65.4 Å². The van der Waals surface area contributed by atoms with E-state index in [-0.39, 0.29) is 0 Å². The first-order chi connectivity index (χ1) is 9.83. The van der Waals surface area contributed by atoms with Gasteiger partial charge in [-0.2, -0.15) is 0 Å². The first-order valence-electron chi connectivity index (χ1n) is 6.02. The van der Waals surface area contributed by atoms with E-state index in [1.165, 1.54) is 6.33 Å². The average molecular weight is 287 g/mol. The maximum absolute atomic E-state index is 6.09. The van der Waals surface area contributed by atoms with Gasteiger partial charge < -0.3 is 4.74 Å². The van der Waals surface area contributed by atoms with Crippen LogP contribution in [0.15, 0.2) is 54.9 Å². The predicted molar refractivity (Wildman–Crippen MR) is 74.9 cm³/mol. The highest BCUT2D eigenvalue weighted by Crippen LogP contribution is 2.20. The third kappa shape index (κ3) is 2.78. The molecule has 0 saturated carbocycles. The third-order valence-corrected chi connectivity index (χ3v) is 3.15. The molecule has 0 spiro atoms. The minimum atomic E-state index is 0.415. The molecule has 0 bridgehead atoms. The van der Waals surface area contributed by atoms with Gasteiger partial charge in [0.15, 0.2) is 0 Å². The first kappa shape index (κ1) is 12.6. The average Bonchev–Trinajstić information content (AvgIpc) is 3.01. The molecule has 0 radical (unpaired) electrons. The maximum atomic E-state index is 6.09. The Bertz CT molecular complexity index is 700. The Morgan fingerprint density at radius 1 is 1.10 bits per heavy atom. The molecule has 1 heterocycles. The number of hydrogen-bond acceptors (Lipinski definition) is 4. The van der Waals surface area contributed by atoms with Crippen molar-refractivity contribution in [3.8, 4) is 11.4 Å². The summed E-state index contributed by atoms with van der Waals surface area (Å²) >= 11 is 6.09. The fourth-order valence-corrected chi connectivity index (χ4v) is 1.96. The van der Waals surface area contributed by atoms with Gasteiger partial charge in [0.2, 0.25) is 0 Å². The van der Waals surface area contributed by atoms with Gasteiger partial charge in [0.25, 0.3) is 0 Å². The Labute approximate surface area is 120 Å². The Kier molecular flexibility index (Phi) is 3.60. The van der Waals surface area contributed by atoms with E-state index in [4.69, 9.17) is 16.3 Å². The molecule has 0 amide bonds. The molecule has 100 valence electrons. The van der Waals surface area contributed by atoms with Gasteiger partial charge in [-0.1, -0.05) is 35.9 Å². The molecule has 0 aliphatic heterocycles. The van der Waals surface area contributed by atoms with E-state index in [1.807, 2.05) is 48.5 Å². The molecule has 5 nitrogen and oxygen atoms in total. The molecule has 2 aromatic carbocycles. The van der Waals surface area contributed by atoms with Gasteiger partial charge in [0.05, 0.1) is 5.69 Å². The summed E-state index contributed by atoms with van der Waals surface area (Å²) in [5.41, 5.74) is 1.79. The Morgan fingerprint density at radius 3 is 2.80 bits per heavy atom. The number of rotatable bonds is 4. The number of hydrogen-bond donors (Lipinski definition) is 0. The molecule has 1 aromatic heterocycles. The molecule has 0 atom stereocenters. The molecule has 0 unspecified atom stereocenters. The number of ether oxygens (including phenoxy) is 1. The first-order valence-corrected chi connectivity index (χ1v) is 6.40. The smallest absolute Gasteiger partial charge is 0.143 e. The molecule has 0 aliphatic carbocycles. The van der Waals surface area contributed by atoms with Gasteiger partial charge in [-0.05, 0) is 28.6 Å². The number of aromatic nitrogens is 4. The Hall–Kier alpha value is -2.40.